The molecule has 0 aromatic heterocycles. The van der Waals surface area contributed by atoms with Gasteiger partial charge in [-0.15, -0.1) is 0 Å². The van der Waals surface area contributed by atoms with E-state index >= 15 is 0 Å². The van der Waals surface area contributed by atoms with Gasteiger partial charge < -0.3 is 10.5 Å². The van der Waals surface area contributed by atoms with Gasteiger partial charge >= 0.3 is 5.97 Å². The molecule has 2 N–H and O–H groups in total. The highest BCUT2D eigenvalue weighted by atomic mass is 32.2. The molecular weight excluding hydrogens is 194 g/mol. The maximum Gasteiger partial charge on any atom is 0.314 e. The van der Waals surface area contributed by atoms with Gasteiger partial charge in [-0.3, -0.25) is 4.79 Å². The number of carbonyl (C=O) groups is 1. The Morgan fingerprint density at radius 1 is 1.69 bits per heavy atom. The van der Waals surface area contributed by atoms with Gasteiger partial charge in [0.1, 0.15) is 0 Å². The van der Waals surface area contributed by atoms with Crippen LogP contribution >= 0.6 is 0 Å². The van der Waals surface area contributed by atoms with E-state index < -0.39 is 26.5 Å². The zero-order valence-corrected chi connectivity index (χ0v) is 8.43. The summed E-state index contributed by atoms with van der Waals surface area (Å²) in [6, 6.07) is 0. The van der Waals surface area contributed by atoms with Crippen molar-refractivity contribution in [1.29, 1.82) is 0 Å². The second kappa shape index (κ2) is 2.95. The number of esters is 1. The molecule has 1 fully saturated rings. The third-order valence-electron chi connectivity index (χ3n) is 2.48. The minimum absolute atomic E-state index is 0.0252. The lowest BCUT2D eigenvalue weighted by atomic mass is 10.1. The Balaban J connectivity index is 2.87. The lowest BCUT2D eigenvalue weighted by Gasteiger charge is -2.10. The van der Waals surface area contributed by atoms with Gasteiger partial charge in [0.2, 0.25) is 0 Å². The summed E-state index contributed by atoms with van der Waals surface area (Å²) in [4.78, 5) is 11.2. The molecule has 0 heterocycles. The smallest absolute Gasteiger partial charge is 0.314 e. The topological polar surface area (TPSA) is 86.5 Å². The molecule has 2 unspecified atom stereocenters. The molecule has 1 aliphatic carbocycles. The fraction of sp³-hybridized carbons (Fsp3) is 0.857. The normalized spacial score (nSPS) is 32.7. The number of nitrogens with two attached hydrogens (primary N) is 1. The Kier molecular flexibility index (Phi) is 2.38. The zero-order chi connectivity index (χ0) is 10.3. The molecule has 1 saturated carbocycles. The Morgan fingerprint density at radius 2 is 2.23 bits per heavy atom. The highest BCUT2D eigenvalue weighted by Crippen LogP contribution is 2.50. The largest absolute Gasteiger partial charge is 0.469 e. The first-order valence-corrected chi connectivity index (χ1v) is 5.81. The van der Waals surface area contributed by atoms with Gasteiger partial charge in [0.15, 0.2) is 9.84 Å². The van der Waals surface area contributed by atoms with Crippen molar-refractivity contribution in [3.05, 3.63) is 0 Å². The van der Waals surface area contributed by atoms with E-state index in [-0.39, 0.29) is 13.0 Å². The molecular formula is C7H13NO4S. The van der Waals surface area contributed by atoms with Crippen molar-refractivity contribution in [2.45, 2.75) is 11.7 Å². The van der Waals surface area contributed by atoms with Crippen LogP contribution in [-0.4, -0.2) is 39.5 Å². The molecule has 1 rings (SSSR count). The highest BCUT2D eigenvalue weighted by molar-refractivity contribution is 7.91. The van der Waals surface area contributed by atoms with E-state index in [1.807, 2.05) is 0 Å². The van der Waals surface area contributed by atoms with E-state index in [0.717, 1.165) is 6.26 Å². The first kappa shape index (κ1) is 10.5. The molecule has 13 heavy (non-hydrogen) atoms. The average molecular weight is 207 g/mol. The summed E-state index contributed by atoms with van der Waals surface area (Å²) < 4.78 is 26.8. The van der Waals surface area contributed by atoms with Gasteiger partial charge in [-0.2, -0.15) is 0 Å². The van der Waals surface area contributed by atoms with E-state index in [4.69, 9.17) is 5.73 Å². The molecule has 2 atom stereocenters. The second-order valence-electron chi connectivity index (χ2n) is 3.37. The van der Waals surface area contributed by atoms with E-state index in [1.165, 1.54) is 7.11 Å². The summed E-state index contributed by atoms with van der Waals surface area (Å²) in [6.45, 7) is 0.0252. The molecule has 0 spiro atoms. The van der Waals surface area contributed by atoms with Crippen LogP contribution in [0.3, 0.4) is 0 Å². The highest BCUT2D eigenvalue weighted by Gasteiger charge is 2.65. The Hall–Kier alpha value is -0.620. The van der Waals surface area contributed by atoms with Crippen molar-refractivity contribution in [2.24, 2.45) is 11.1 Å². The van der Waals surface area contributed by atoms with Crippen molar-refractivity contribution < 1.29 is 17.9 Å². The third kappa shape index (κ3) is 1.55. The van der Waals surface area contributed by atoms with Crippen LogP contribution in [0.5, 0.6) is 0 Å². The molecule has 5 nitrogen and oxygen atoms in total. The Bertz CT molecular complexity index is 323. The minimum Gasteiger partial charge on any atom is -0.469 e. The maximum absolute atomic E-state index is 11.2. The summed E-state index contributed by atoms with van der Waals surface area (Å²) in [5, 5.41) is -0.655. The predicted octanol–water partition coefficient (Wildman–Crippen LogP) is -1.08. The number of ether oxygens (including phenoxy) is 1. The lowest BCUT2D eigenvalue weighted by Crippen LogP contribution is -2.32. The van der Waals surface area contributed by atoms with Crippen LogP contribution < -0.4 is 5.73 Å². The monoisotopic (exact) mass is 207 g/mol. The predicted molar refractivity (Wildman–Crippen MR) is 46.8 cm³/mol. The van der Waals surface area contributed by atoms with Gasteiger partial charge in [0, 0.05) is 12.8 Å². The Morgan fingerprint density at radius 3 is 2.46 bits per heavy atom. The summed E-state index contributed by atoms with van der Waals surface area (Å²) >= 11 is 0. The van der Waals surface area contributed by atoms with Crippen LogP contribution in [0.15, 0.2) is 0 Å². The molecule has 6 heteroatoms. The second-order valence-corrected chi connectivity index (χ2v) is 5.60. The number of hydrogen-bond acceptors (Lipinski definition) is 5. The number of sulfone groups is 1. The van der Waals surface area contributed by atoms with Crippen molar-refractivity contribution in [3.8, 4) is 0 Å². The van der Waals surface area contributed by atoms with Crippen LogP contribution in [-0.2, 0) is 19.4 Å². The van der Waals surface area contributed by atoms with Crippen molar-refractivity contribution in [3.63, 3.8) is 0 Å². The van der Waals surface area contributed by atoms with Crippen LogP contribution in [0.1, 0.15) is 6.42 Å². The number of rotatable bonds is 3. The standard InChI is InChI=1S/C7H13NO4S/c1-12-6(9)7(4-8)3-5(7)13(2,10)11/h5H,3-4,8H2,1-2H3. The first-order chi connectivity index (χ1) is 5.88. The van der Waals surface area contributed by atoms with Crippen LogP contribution in [0.4, 0.5) is 0 Å². The van der Waals surface area contributed by atoms with Crippen molar-refractivity contribution in [2.75, 3.05) is 19.9 Å². The molecule has 0 bridgehead atoms. The van der Waals surface area contributed by atoms with E-state index in [9.17, 15) is 13.2 Å². The SMILES string of the molecule is COC(=O)C1(CN)CC1S(C)(=O)=O. The van der Waals surface area contributed by atoms with Gasteiger partial charge in [0.25, 0.3) is 0 Å². The minimum atomic E-state index is -3.19. The summed E-state index contributed by atoms with van der Waals surface area (Å²) in [7, 11) is -1.95. The van der Waals surface area contributed by atoms with Crippen LogP contribution in [0.2, 0.25) is 0 Å². The molecule has 0 aromatic rings. The van der Waals surface area contributed by atoms with E-state index in [1.54, 1.807) is 0 Å². The van der Waals surface area contributed by atoms with Gasteiger partial charge in [-0.05, 0) is 6.42 Å². The molecule has 0 saturated heterocycles. The zero-order valence-electron chi connectivity index (χ0n) is 7.61. The first-order valence-electron chi connectivity index (χ1n) is 3.86. The van der Waals surface area contributed by atoms with E-state index in [0.29, 0.717) is 0 Å². The molecule has 0 radical (unpaired) electrons. The lowest BCUT2D eigenvalue weighted by molar-refractivity contribution is -0.146. The number of carbonyl (C=O) groups excluding carboxylic acids is 1. The van der Waals surface area contributed by atoms with Crippen molar-refractivity contribution in [1.82, 2.24) is 0 Å². The number of methoxy groups -OCH3 is 1. The third-order valence-corrected chi connectivity index (χ3v) is 4.13. The molecule has 0 aliphatic heterocycles. The van der Waals surface area contributed by atoms with Gasteiger partial charge in [0.05, 0.1) is 17.8 Å². The van der Waals surface area contributed by atoms with Gasteiger partial charge in [-0.25, -0.2) is 8.42 Å². The molecule has 1 aliphatic rings. The Labute approximate surface area is 77.2 Å². The fourth-order valence-electron chi connectivity index (χ4n) is 1.55. The van der Waals surface area contributed by atoms with Gasteiger partial charge in [-0.1, -0.05) is 0 Å². The van der Waals surface area contributed by atoms with Crippen LogP contribution in [0, 0.1) is 5.41 Å². The fourth-order valence-corrected chi connectivity index (χ4v) is 3.16. The maximum atomic E-state index is 11.2. The quantitative estimate of drug-likeness (QED) is 0.595. The number of hydrogen-bond donors (Lipinski definition) is 1. The van der Waals surface area contributed by atoms with Crippen LogP contribution in [0.25, 0.3) is 0 Å². The molecule has 0 aromatic carbocycles. The van der Waals surface area contributed by atoms with E-state index in [2.05, 4.69) is 4.74 Å². The summed E-state index contributed by atoms with van der Waals surface area (Å²) in [5.74, 6) is -0.523. The summed E-state index contributed by atoms with van der Waals surface area (Å²) in [6.07, 6.45) is 1.40. The molecule has 76 valence electrons. The summed E-state index contributed by atoms with van der Waals surface area (Å²) in [5.41, 5.74) is 4.40. The van der Waals surface area contributed by atoms with Crippen molar-refractivity contribution >= 4 is 15.8 Å². The average Bonchev–Trinajstić information content (AvgIpc) is 2.78. The molecule has 0 amide bonds.